The highest BCUT2D eigenvalue weighted by Gasteiger charge is 2.29. The van der Waals surface area contributed by atoms with Crippen molar-refractivity contribution in [2.75, 3.05) is 10.6 Å². The zero-order valence-electron chi connectivity index (χ0n) is 26.4. The minimum absolute atomic E-state index is 0.345. The molecule has 0 fully saturated rings. The molecule has 2 aliphatic rings. The maximum atomic E-state index is 11.1. The van der Waals surface area contributed by atoms with E-state index in [9.17, 15) is 31.4 Å². The number of nitrogens with zero attached hydrogens (tertiary/aromatic N) is 2. The summed E-state index contributed by atoms with van der Waals surface area (Å²) in [7, 11) is 0. The molecule has 6 bridgehead atoms. The summed E-state index contributed by atoms with van der Waals surface area (Å²) in [6.45, 7) is 3.11. The number of para-hydroxylation sites is 3. The van der Waals surface area contributed by atoms with Crippen molar-refractivity contribution in [3.05, 3.63) is 102 Å². The molecule has 0 radical (unpaired) electrons. The van der Waals surface area contributed by atoms with E-state index in [2.05, 4.69) is 92.8 Å². The number of carbonyl (C=O) groups is 2. The van der Waals surface area contributed by atoms with Gasteiger partial charge >= 0.3 is 12.4 Å². The zero-order chi connectivity index (χ0) is 36.5. The number of anilines is 2. The molecule has 0 saturated heterocycles. The Labute approximate surface area is 282 Å². The third-order valence-corrected chi connectivity index (χ3v) is 7.75. The molecule has 0 saturated carbocycles. The predicted octanol–water partition coefficient (Wildman–Crippen LogP) is 4.28. The number of aryl methyl sites for hydroxylation is 2. The number of hydrogen-bond acceptors (Lipinski definition) is 7. The first-order valence-electron chi connectivity index (χ1n) is 15.3. The Morgan fingerprint density at radius 2 is 0.980 bits per heavy atom. The van der Waals surface area contributed by atoms with Crippen molar-refractivity contribution in [3.8, 4) is 5.75 Å². The first-order valence-corrected chi connectivity index (χ1v) is 15.3. The summed E-state index contributed by atoms with van der Waals surface area (Å²) >= 11 is 0. The summed E-state index contributed by atoms with van der Waals surface area (Å²) in [5.74, 6) is -5.67. The van der Waals surface area contributed by atoms with Crippen molar-refractivity contribution in [2.45, 2.75) is 57.8 Å². The number of carbonyl (C=O) groups excluding carboxylic acids is 2. The topological polar surface area (TPSA) is 132 Å². The van der Waals surface area contributed by atoms with Gasteiger partial charge in [0.1, 0.15) is 30.8 Å². The second-order valence-corrected chi connectivity index (χ2v) is 11.1. The van der Waals surface area contributed by atoms with Crippen molar-refractivity contribution in [1.82, 2.24) is 0 Å². The van der Waals surface area contributed by atoms with Crippen LogP contribution in [-0.4, -0.2) is 29.4 Å². The molecule has 0 spiro atoms. The molecule has 264 valence electrons. The van der Waals surface area contributed by atoms with Gasteiger partial charge in [0.2, 0.25) is 11.0 Å². The number of alkyl halides is 6. The van der Waals surface area contributed by atoms with Crippen LogP contribution in [0.4, 0.5) is 37.7 Å². The van der Waals surface area contributed by atoms with Crippen molar-refractivity contribution in [2.24, 2.45) is 0 Å². The Morgan fingerprint density at radius 1 is 0.600 bits per heavy atom. The van der Waals surface area contributed by atoms with Crippen LogP contribution < -0.4 is 30.0 Å². The Balaban J connectivity index is 0.000000340. The SMILES string of the molecule is O=C([O-])C(F)(F)F.O=C([O-])C(F)(F)F.Oc1c2cccc1CNc1cc[n+](c3ccccc13)CCCCC[n+]1ccc(c3ccccc31)NC2. The molecule has 9 nitrogen and oxygen atoms in total. The highest BCUT2D eigenvalue weighted by atomic mass is 19.4. The van der Waals surface area contributed by atoms with E-state index >= 15 is 0 Å². The van der Waals surface area contributed by atoms with E-state index in [-0.39, 0.29) is 0 Å². The number of hydrogen-bond donors (Lipinski definition) is 3. The summed E-state index contributed by atoms with van der Waals surface area (Å²) in [6, 6.07) is 27.4. The van der Waals surface area contributed by atoms with Crippen molar-refractivity contribution >= 4 is 45.1 Å². The normalized spacial score (nSPS) is 13.6. The summed E-state index contributed by atoms with van der Waals surface area (Å²) in [6.07, 6.45) is -2.56. The van der Waals surface area contributed by atoms with Crippen molar-refractivity contribution in [1.29, 1.82) is 0 Å². The molecule has 4 heterocycles. The van der Waals surface area contributed by atoms with Gasteiger partial charge in [0.05, 0.1) is 22.1 Å². The number of carboxylic acid groups (broad SMARTS) is 2. The number of aromatic hydroxyl groups is 1. The summed E-state index contributed by atoms with van der Waals surface area (Å²) in [4.78, 5) is 17.6. The van der Waals surface area contributed by atoms with Gasteiger partial charge in [0.25, 0.3) is 0 Å². The van der Waals surface area contributed by atoms with Crippen LogP contribution in [0.3, 0.4) is 0 Å². The number of fused-ring (bicyclic) bond motifs is 8. The molecule has 0 unspecified atom stereocenters. The quantitative estimate of drug-likeness (QED) is 0.162. The van der Waals surface area contributed by atoms with Gasteiger partial charge in [-0.05, 0) is 18.6 Å². The predicted molar refractivity (Wildman–Crippen MR) is 167 cm³/mol. The van der Waals surface area contributed by atoms with Gasteiger partial charge in [0.15, 0.2) is 12.4 Å². The van der Waals surface area contributed by atoms with Gasteiger partial charge in [-0.15, -0.1) is 0 Å². The zero-order valence-corrected chi connectivity index (χ0v) is 26.4. The number of phenolic OH excluding ortho intramolecular Hbond substituents is 1. The Hall–Kier alpha value is -5.60. The van der Waals surface area contributed by atoms with Crippen LogP contribution in [0.1, 0.15) is 30.4 Å². The molecule has 0 atom stereocenters. The van der Waals surface area contributed by atoms with E-state index in [0.29, 0.717) is 18.8 Å². The van der Waals surface area contributed by atoms with E-state index in [0.717, 1.165) is 48.4 Å². The lowest BCUT2D eigenvalue weighted by Gasteiger charge is -2.15. The summed E-state index contributed by atoms with van der Waals surface area (Å²) < 4.78 is 67.8. The fourth-order valence-corrected chi connectivity index (χ4v) is 5.32. The molecule has 50 heavy (non-hydrogen) atoms. The first-order chi connectivity index (χ1) is 23.7. The highest BCUT2D eigenvalue weighted by Crippen LogP contribution is 2.28. The van der Waals surface area contributed by atoms with Crippen LogP contribution in [0.2, 0.25) is 0 Å². The van der Waals surface area contributed by atoms with Gasteiger partial charge in [0, 0.05) is 61.3 Å². The van der Waals surface area contributed by atoms with Crippen LogP contribution in [0.25, 0.3) is 21.8 Å². The number of phenols is 1. The molecule has 2 aliphatic heterocycles. The Bertz CT molecular complexity index is 1830. The smallest absolute Gasteiger partial charge is 0.430 e. The Morgan fingerprint density at radius 3 is 1.36 bits per heavy atom. The molecule has 7 rings (SSSR count). The van der Waals surface area contributed by atoms with Crippen LogP contribution in [-0.2, 0) is 35.8 Å². The fourth-order valence-electron chi connectivity index (χ4n) is 5.32. The van der Waals surface area contributed by atoms with Crippen LogP contribution in [0.5, 0.6) is 5.75 Å². The monoisotopic (exact) mass is 702 g/mol. The average molecular weight is 703 g/mol. The maximum absolute atomic E-state index is 11.1. The lowest BCUT2D eigenvalue weighted by atomic mass is 10.1. The first kappa shape index (κ1) is 37.2. The van der Waals surface area contributed by atoms with E-state index in [1.165, 1.54) is 28.2 Å². The number of aromatic nitrogens is 2. The second-order valence-electron chi connectivity index (χ2n) is 11.1. The molecule has 3 aromatic carbocycles. The van der Waals surface area contributed by atoms with E-state index in [1.807, 2.05) is 18.2 Å². The molecule has 2 aromatic heterocycles. The van der Waals surface area contributed by atoms with Crippen molar-refractivity contribution < 1.29 is 60.4 Å². The molecule has 5 aromatic rings. The molecular weight excluding hydrogens is 670 g/mol. The molecule has 15 heteroatoms. The third-order valence-electron chi connectivity index (χ3n) is 7.75. The number of halogens is 6. The highest BCUT2D eigenvalue weighted by molar-refractivity contribution is 5.89. The molecule has 0 amide bonds. The minimum atomic E-state index is -5.19. The number of aliphatic carboxylic acids is 2. The second kappa shape index (κ2) is 16.2. The standard InChI is InChI=1S/C31H30N4O.2C2HF3O2/c36-31-23-9-8-10-24(31)22-33-28-16-20-35(30-14-5-3-12-26(28)30)18-7-1-6-17-34-19-15-27(32-21-23)25-11-2-4-13-29(25)34;2*3-2(4,5)1(6)7/h2-5,8-16,19-20,36H,1,6-7,17-18,21-22H2;2*(H,6,7). The van der Waals surface area contributed by atoms with Gasteiger partial charge in [-0.1, -0.05) is 42.5 Å². The van der Waals surface area contributed by atoms with E-state index in [1.54, 1.807) is 0 Å². The summed E-state index contributed by atoms with van der Waals surface area (Å²) in [5, 5.41) is 38.2. The van der Waals surface area contributed by atoms with Gasteiger partial charge < -0.3 is 35.5 Å². The van der Waals surface area contributed by atoms with Gasteiger partial charge in [-0.25, -0.2) is 0 Å². The third kappa shape index (κ3) is 9.74. The van der Waals surface area contributed by atoms with Crippen molar-refractivity contribution in [3.63, 3.8) is 0 Å². The van der Waals surface area contributed by atoms with Gasteiger partial charge in [-0.3, -0.25) is 0 Å². The van der Waals surface area contributed by atoms with Crippen LogP contribution in [0, 0.1) is 0 Å². The van der Waals surface area contributed by atoms with Crippen LogP contribution >= 0.6 is 0 Å². The van der Waals surface area contributed by atoms with Gasteiger partial charge in [-0.2, -0.15) is 35.5 Å². The lowest BCUT2D eigenvalue weighted by molar-refractivity contribution is -0.675. The number of pyridine rings is 2. The van der Waals surface area contributed by atoms with Crippen LogP contribution in [0.15, 0.2) is 91.3 Å². The number of carboxylic acids is 2. The maximum Gasteiger partial charge on any atom is 0.430 e. The number of rotatable bonds is 0. The largest absolute Gasteiger partial charge is 0.542 e. The van der Waals surface area contributed by atoms with E-state index in [4.69, 9.17) is 19.8 Å². The minimum Gasteiger partial charge on any atom is -0.542 e. The van der Waals surface area contributed by atoms with E-state index < -0.39 is 24.3 Å². The lowest BCUT2D eigenvalue weighted by Crippen LogP contribution is -2.37. The molecular formula is C35H32F6N4O5. The Kier molecular flexibility index (Phi) is 12.1. The fraction of sp³-hybridized carbons (Fsp3) is 0.257. The molecule has 3 N–H and O–H groups in total. The average Bonchev–Trinajstić information content (AvgIpc) is 3.07. The summed E-state index contributed by atoms with van der Waals surface area (Å²) in [5.41, 5.74) is 6.41. The molecule has 0 aliphatic carbocycles. The number of benzene rings is 3. The number of nitrogens with one attached hydrogen (secondary N) is 2.